The average Bonchev–Trinajstić information content (AvgIpc) is 2.88. The van der Waals surface area contributed by atoms with E-state index in [0.717, 1.165) is 12.8 Å². The van der Waals surface area contributed by atoms with Crippen molar-refractivity contribution in [2.45, 2.75) is 28.9 Å². The first-order chi connectivity index (χ1) is 9.78. The third-order valence-corrected chi connectivity index (χ3v) is 5.17. The number of benzene rings is 2. The Kier molecular flexibility index (Phi) is 4.08. The zero-order chi connectivity index (χ0) is 13.9. The van der Waals surface area contributed by atoms with E-state index in [4.69, 9.17) is 0 Å². The minimum Gasteiger partial charge on any atom is -0.396 e. The van der Waals surface area contributed by atoms with E-state index in [1.54, 1.807) is 12.1 Å². The van der Waals surface area contributed by atoms with Crippen LogP contribution in [-0.2, 0) is 6.42 Å². The molecular formula is C17H17FOS. The summed E-state index contributed by atoms with van der Waals surface area (Å²) in [6.45, 7) is -0.00562. The SMILES string of the molecule is OCC(CC1Cc2ccccc2S1)c1ccccc1F. The molecular weight excluding hydrogens is 271 g/mol. The first kappa shape index (κ1) is 13.7. The summed E-state index contributed by atoms with van der Waals surface area (Å²) in [5, 5.41) is 10.0. The zero-order valence-corrected chi connectivity index (χ0v) is 11.9. The third-order valence-electron chi connectivity index (χ3n) is 3.83. The van der Waals surface area contributed by atoms with Crippen molar-refractivity contribution in [2.75, 3.05) is 6.61 Å². The number of hydrogen-bond donors (Lipinski definition) is 1. The molecule has 0 bridgehead atoms. The molecule has 1 nitrogen and oxygen atoms in total. The summed E-state index contributed by atoms with van der Waals surface area (Å²) in [6, 6.07) is 15.2. The van der Waals surface area contributed by atoms with Gasteiger partial charge in [0, 0.05) is 16.1 Å². The number of thioether (sulfide) groups is 1. The van der Waals surface area contributed by atoms with Crippen LogP contribution in [0.2, 0.25) is 0 Å². The van der Waals surface area contributed by atoms with Crippen molar-refractivity contribution in [2.24, 2.45) is 0 Å². The van der Waals surface area contributed by atoms with E-state index < -0.39 is 0 Å². The monoisotopic (exact) mass is 288 g/mol. The van der Waals surface area contributed by atoms with E-state index in [2.05, 4.69) is 24.3 Å². The highest BCUT2D eigenvalue weighted by Crippen LogP contribution is 2.41. The molecule has 2 aromatic rings. The van der Waals surface area contributed by atoms with Crippen molar-refractivity contribution in [3.63, 3.8) is 0 Å². The Hall–Kier alpha value is -1.32. The second kappa shape index (κ2) is 5.98. The molecule has 2 aromatic carbocycles. The normalized spacial score (nSPS) is 18.8. The Balaban J connectivity index is 1.73. The molecule has 0 radical (unpaired) electrons. The van der Waals surface area contributed by atoms with E-state index in [-0.39, 0.29) is 18.3 Å². The second-order valence-corrected chi connectivity index (χ2v) is 6.53. The molecule has 1 heterocycles. The van der Waals surface area contributed by atoms with Crippen molar-refractivity contribution in [1.82, 2.24) is 0 Å². The average molecular weight is 288 g/mol. The quantitative estimate of drug-likeness (QED) is 0.917. The Morgan fingerprint density at radius 1 is 1.15 bits per heavy atom. The molecule has 1 N–H and O–H groups in total. The number of fused-ring (bicyclic) bond motifs is 1. The van der Waals surface area contributed by atoms with Crippen LogP contribution in [0.4, 0.5) is 4.39 Å². The van der Waals surface area contributed by atoms with E-state index in [9.17, 15) is 9.50 Å². The van der Waals surface area contributed by atoms with Crippen LogP contribution in [0, 0.1) is 5.82 Å². The van der Waals surface area contributed by atoms with Gasteiger partial charge < -0.3 is 5.11 Å². The Labute approximate surface area is 122 Å². The lowest BCUT2D eigenvalue weighted by Gasteiger charge is -2.19. The summed E-state index contributed by atoms with van der Waals surface area (Å²) >= 11 is 1.85. The minimum absolute atomic E-state index is 0.00562. The summed E-state index contributed by atoms with van der Waals surface area (Å²) in [7, 11) is 0. The number of rotatable bonds is 4. The second-order valence-electron chi connectivity index (χ2n) is 5.19. The maximum absolute atomic E-state index is 13.8. The largest absolute Gasteiger partial charge is 0.396 e. The lowest BCUT2D eigenvalue weighted by atomic mass is 9.92. The van der Waals surface area contributed by atoms with Crippen molar-refractivity contribution in [3.05, 3.63) is 65.5 Å². The Morgan fingerprint density at radius 2 is 1.90 bits per heavy atom. The molecule has 0 fully saturated rings. The highest BCUT2D eigenvalue weighted by Gasteiger charge is 2.26. The molecule has 0 saturated heterocycles. The molecule has 0 aliphatic carbocycles. The van der Waals surface area contributed by atoms with Crippen LogP contribution < -0.4 is 0 Å². The van der Waals surface area contributed by atoms with Gasteiger partial charge in [0.1, 0.15) is 5.82 Å². The zero-order valence-electron chi connectivity index (χ0n) is 11.1. The Bertz CT molecular complexity index is 574. The third kappa shape index (κ3) is 2.74. The summed E-state index contributed by atoms with van der Waals surface area (Å²) in [5.74, 6) is -0.338. The van der Waals surface area contributed by atoms with E-state index >= 15 is 0 Å². The number of aliphatic hydroxyl groups is 1. The van der Waals surface area contributed by atoms with E-state index in [1.165, 1.54) is 16.5 Å². The first-order valence-electron chi connectivity index (χ1n) is 6.87. The van der Waals surface area contributed by atoms with Gasteiger partial charge in [0.15, 0.2) is 0 Å². The van der Waals surface area contributed by atoms with Crippen LogP contribution in [0.15, 0.2) is 53.4 Å². The van der Waals surface area contributed by atoms with Gasteiger partial charge in [-0.3, -0.25) is 0 Å². The van der Waals surface area contributed by atoms with Gasteiger partial charge in [-0.25, -0.2) is 4.39 Å². The van der Waals surface area contributed by atoms with Crippen LogP contribution in [0.5, 0.6) is 0 Å². The molecule has 2 atom stereocenters. The molecule has 0 spiro atoms. The van der Waals surface area contributed by atoms with Crippen molar-refractivity contribution >= 4 is 11.8 Å². The molecule has 0 saturated carbocycles. The maximum atomic E-state index is 13.8. The fraction of sp³-hybridized carbons (Fsp3) is 0.294. The van der Waals surface area contributed by atoms with Crippen LogP contribution in [-0.4, -0.2) is 17.0 Å². The number of aliphatic hydroxyl groups excluding tert-OH is 1. The smallest absolute Gasteiger partial charge is 0.126 e. The van der Waals surface area contributed by atoms with Gasteiger partial charge in [0.2, 0.25) is 0 Å². The van der Waals surface area contributed by atoms with E-state index in [0.29, 0.717) is 10.8 Å². The molecule has 0 aromatic heterocycles. The number of hydrogen-bond acceptors (Lipinski definition) is 2. The van der Waals surface area contributed by atoms with Crippen LogP contribution in [0.25, 0.3) is 0 Å². The predicted octanol–water partition coefficient (Wildman–Crippen LogP) is 4.01. The molecule has 1 aliphatic rings. The highest BCUT2D eigenvalue weighted by molar-refractivity contribution is 8.00. The van der Waals surface area contributed by atoms with Crippen molar-refractivity contribution in [1.29, 1.82) is 0 Å². The fourth-order valence-corrected chi connectivity index (χ4v) is 4.22. The number of halogens is 1. The fourth-order valence-electron chi connectivity index (χ4n) is 2.81. The molecule has 104 valence electrons. The highest BCUT2D eigenvalue weighted by atomic mass is 32.2. The van der Waals surface area contributed by atoms with Gasteiger partial charge in [0.25, 0.3) is 0 Å². The molecule has 3 rings (SSSR count). The van der Waals surface area contributed by atoms with Crippen LogP contribution >= 0.6 is 11.8 Å². The summed E-state index contributed by atoms with van der Waals surface area (Å²) in [6.07, 6.45) is 1.81. The summed E-state index contributed by atoms with van der Waals surface area (Å²) in [5.41, 5.74) is 2.00. The van der Waals surface area contributed by atoms with Crippen molar-refractivity contribution < 1.29 is 9.50 Å². The first-order valence-corrected chi connectivity index (χ1v) is 7.75. The van der Waals surface area contributed by atoms with Gasteiger partial charge in [-0.15, -0.1) is 11.8 Å². The van der Waals surface area contributed by atoms with Crippen molar-refractivity contribution in [3.8, 4) is 0 Å². The lowest BCUT2D eigenvalue weighted by Crippen LogP contribution is -2.13. The minimum atomic E-state index is -0.216. The Morgan fingerprint density at radius 3 is 2.65 bits per heavy atom. The van der Waals surface area contributed by atoms with Crippen LogP contribution in [0.1, 0.15) is 23.5 Å². The van der Waals surface area contributed by atoms with E-state index in [1.807, 2.05) is 17.8 Å². The maximum Gasteiger partial charge on any atom is 0.126 e. The molecule has 20 heavy (non-hydrogen) atoms. The lowest BCUT2D eigenvalue weighted by molar-refractivity contribution is 0.256. The molecule has 2 unspecified atom stereocenters. The molecule has 0 amide bonds. The molecule has 1 aliphatic heterocycles. The van der Waals surface area contributed by atoms with Gasteiger partial charge in [-0.1, -0.05) is 36.4 Å². The van der Waals surface area contributed by atoms with Gasteiger partial charge in [0.05, 0.1) is 6.61 Å². The standard InChI is InChI=1S/C17H17FOS/c18-16-7-3-2-6-15(16)13(11-19)10-14-9-12-5-1-4-8-17(12)20-14/h1-8,13-14,19H,9-11H2. The predicted molar refractivity (Wildman–Crippen MR) is 80.6 cm³/mol. The van der Waals surface area contributed by atoms with Gasteiger partial charge in [-0.2, -0.15) is 0 Å². The topological polar surface area (TPSA) is 20.2 Å². The van der Waals surface area contributed by atoms with Crippen LogP contribution in [0.3, 0.4) is 0 Å². The summed E-state index contributed by atoms with van der Waals surface area (Å²) in [4.78, 5) is 1.32. The van der Waals surface area contributed by atoms with Gasteiger partial charge in [-0.05, 0) is 36.1 Å². The molecule has 3 heteroatoms. The summed E-state index contributed by atoms with van der Waals surface area (Å²) < 4.78 is 13.8. The van der Waals surface area contributed by atoms with Gasteiger partial charge >= 0.3 is 0 Å².